The van der Waals surface area contributed by atoms with Gasteiger partial charge in [0, 0.05) is 11.6 Å². The number of hydrogen-bond acceptors (Lipinski definition) is 6. The van der Waals surface area contributed by atoms with E-state index in [1.807, 2.05) is 5.38 Å². The van der Waals surface area contributed by atoms with Crippen LogP contribution in [0, 0.1) is 0 Å². The maximum Gasteiger partial charge on any atom is 0.189 e. The topological polar surface area (TPSA) is 47.9 Å². The smallest absolute Gasteiger partial charge is 0.189 e. The lowest BCUT2D eigenvalue weighted by Gasteiger charge is -2.05. The van der Waals surface area contributed by atoms with Gasteiger partial charge >= 0.3 is 0 Å². The first kappa shape index (κ1) is 10.7. The van der Waals surface area contributed by atoms with E-state index < -0.39 is 0 Å². The summed E-state index contributed by atoms with van der Waals surface area (Å²) < 4.78 is 6.02. The first-order valence-electron chi connectivity index (χ1n) is 3.93. The molecule has 78 valence electrons. The molecule has 0 unspecified atom stereocenters. The Balaban J connectivity index is 2.32. The molecule has 7 heteroatoms. The number of rotatable bonds is 3. The Bertz CT molecular complexity index is 449. The molecular formula is C8H6ClN3OS2. The van der Waals surface area contributed by atoms with Gasteiger partial charge in [0.05, 0.1) is 7.11 Å². The predicted molar refractivity (Wildman–Crippen MR) is 59.8 cm³/mol. The molecule has 0 N–H and O–H groups in total. The summed E-state index contributed by atoms with van der Waals surface area (Å²) in [4.78, 5) is 12.1. The standard InChI is InChI=1S/C8H6ClN3OS2/c1-13-5-6(9)11-4-12-7(5)15-8-10-2-3-14-8/h2-4H,1H3. The Kier molecular flexibility index (Phi) is 3.40. The molecule has 0 saturated heterocycles. The van der Waals surface area contributed by atoms with E-state index in [2.05, 4.69) is 15.0 Å². The second-order valence-corrected chi connectivity index (χ2v) is 4.89. The predicted octanol–water partition coefficient (Wildman–Crippen LogP) is 2.75. The van der Waals surface area contributed by atoms with Crippen molar-refractivity contribution >= 4 is 34.7 Å². The molecule has 0 fully saturated rings. The van der Waals surface area contributed by atoms with Crippen molar-refractivity contribution in [2.24, 2.45) is 0 Å². The molecule has 4 nitrogen and oxygen atoms in total. The van der Waals surface area contributed by atoms with Crippen LogP contribution in [0.2, 0.25) is 5.15 Å². The fourth-order valence-corrected chi connectivity index (χ4v) is 2.80. The molecule has 2 rings (SSSR count). The van der Waals surface area contributed by atoms with Crippen molar-refractivity contribution in [2.75, 3.05) is 7.11 Å². The van der Waals surface area contributed by atoms with Crippen LogP contribution in [-0.4, -0.2) is 22.1 Å². The number of halogens is 1. The molecule has 0 aromatic carbocycles. The van der Waals surface area contributed by atoms with Crippen molar-refractivity contribution in [3.05, 3.63) is 23.1 Å². The van der Waals surface area contributed by atoms with Crippen LogP contribution in [0.15, 0.2) is 27.3 Å². The van der Waals surface area contributed by atoms with Crippen LogP contribution >= 0.6 is 34.7 Å². The SMILES string of the molecule is COc1c(Cl)ncnc1Sc1nccs1. The minimum atomic E-state index is 0.312. The summed E-state index contributed by atoms with van der Waals surface area (Å²) in [5, 5.41) is 2.89. The Morgan fingerprint density at radius 2 is 2.27 bits per heavy atom. The van der Waals surface area contributed by atoms with Crippen molar-refractivity contribution in [1.82, 2.24) is 15.0 Å². The molecule has 0 saturated carbocycles. The van der Waals surface area contributed by atoms with Crippen LogP contribution in [-0.2, 0) is 0 Å². The van der Waals surface area contributed by atoms with Gasteiger partial charge in [-0.05, 0) is 11.8 Å². The molecule has 0 bridgehead atoms. The number of ether oxygens (including phenoxy) is 1. The third kappa shape index (κ3) is 2.39. The van der Waals surface area contributed by atoms with E-state index in [0.717, 1.165) is 4.34 Å². The van der Waals surface area contributed by atoms with Crippen molar-refractivity contribution in [1.29, 1.82) is 0 Å². The van der Waals surface area contributed by atoms with Crippen molar-refractivity contribution in [3.63, 3.8) is 0 Å². The highest BCUT2D eigenvalue weighted by atomic mass is 35.5. The molecule has 2 heterocycles. The molecular weight excluding hydrogens is 254 g/mol. The summed E-state index contributed by atoms with van der Waals surface area (Å²) in [6.07, 6.45) is 3.14. The van der Waals surface area contributed by atoms with Crippen molar-refractivity contribution in [3.8, 4) is 5.75 Å². The lowest BCUT2D eigenvalue weighted by atomic mass is 10.6. The normalized spacial score (nSPS) is 10.3. The van der Waals surface area contributed by atoms with Crippen LogP contribution in [0.4, 0.5) is 0 Å². The van der Waals surface area contributed by atoms with Gasteiger partial charge in [0.1, 0.15) is 6.33 Å². The second kappa shape index (κ2) is 4.78. The molecule has 0 aliphatic rings. The summed E-state index contributed by atoms with van der Waals surface area (Å²) in [7, 11) is 1.54. The molecule has 15 heavy (non-hydrogen) atoms. The third-order valence-electron chi connectivity index (χ3n) is 1.53. The van der Waals surface area contributed by atoms with Crippen LogP contribution in [0.5, 0.6) is 5.75 Å². The molecule has 2 aromatic rings. The second-order valence-electron chi connectivity index (χ2n) is 2.40. The van der Waals surface area contributed by atoms with Gasteiger partial charge in [0.15, 0.2) is 20.3 Å². The summed E-state index contributed by atoms with van der Waals surface area (Å²) in [6.45, 7) is 0. The zero-order valence-corrected chi connectivity index (χ0v) is 10.1. The molecule has 2 aromatic heterocycles. The Morgan fingerprint density at radius 3 is 2.93 bits per heavy atom. The highest BCUT2D eigenvalue weighted by Crippen LogP contribution is 2.36. The number of thiazole rings is 1. The summed E-state index contributed by atoms with van der Waals surface area (Å²) in [5.74, 6) is 0.486. The van der Waals surface area contributed by atoms with E-state index in [0.29, 0.717) is 15.9 Å². The molecule has 0 aliphatic heterocycles. The van der Waals surface area contributed by atoms with Crippen LogP contribution < -0.4 is 4.74 Å². The van der Waals surface area contributed by atoms with E-state index in [1.54, 1.807) is 6.20 Å². The van der Waals surface area contributed by atoms with Crippen LogP contribution in [0.3, 0.4) is 0 Å². The number of aromatic nitrogens is 3. The minimum absolute atomic E-state index is 0.312. The fraction of sp³-hybridized carbons (Fsp3) is 0.125. The fourth-order valence-electron chi connectivity index (χ4n) is 0.925. The molecule has 0 aliphatic carbocycles. The van der Waals surface area contributed by atoms with Gasteiger partial charge < -0.3 is 4.74 Å². The number of hydrogen-bond donors (Lipinski definition) is 0. The van der Waals surface area contributed by atoms with Crippen molar-refractivity contribution < 1.29 is 4.74 Å². The maximum absolute atomic E-state index is 5.86. The minimum Gasteiger partial charge on any atom is -0.491 e. The Labute approximate surface area is 99.7 Å². The lowest BCUT2D eigenvalue weighted by molar-refractivity contribution is 0.398. The molecule has 0 atom stereocenters. The zero-order chi connectivity index (χ0) is 10.7. The van der Waals surface area contributed by atoms with Gasteiger partial charge in [0.25, 0.3) is 0 Å². The van der Waals surface area contributed by atoms with E-state index in [1.165, 1.54) is 36.5 Å². The summed E-state index contributed by atoms with van der Waals surface area (Å²) >= 11 is 8.81. The average Bonchev–Trinajstić information content (AvgIpc) is 2.71. The van der Waals surface area contributed by atoms with E-state index >= 15 is 0 Å². The largest absolute Gasteiger partial charge is 0.491 e. The number of methoxy groups -OCH3 is 1. The van der Waals surface area contributed by atoms with E-state index in [4.69, 9.17) is 16.3 Å². The first-order chi connectivity index (χ1) is 7.31. The van der Waals surface area contributed by atoms with E-state index in [9.17, 15) is 0 Å². The van der Waals surface area contributed by atoms with Crippen LogP contribution in [0.1, 0.15) is 0 Å². The molecule has 0 radical (unpaired) electrons. The van der Waals surface area contributed by atoms with Gasteiger partial charge in [-0.1, -0.05) is 11.6 Å². The molecule has 0 amide bonds. The average molecular weight is 260 g/mol. The van der Waals surface area contributed by atoms with E-state index in [-0.39, 0.29) is 0 Å². The number of nitrogens with zero attached hydrogens (tertiary/aromatic N) is 3. The quantitative estimate of drug-likeness (QED) is 0.794. The molecule has 0 spiro atoms. The zero-order valence-electron chi connectivity index (χ0n) is 7.68. The highest BCUT2D eigenvalue weighted by molar-refractivity contribution is 8.01. The highest BCUT2D eigenvalue weighted by Gasteiger charge is 2.12. The van der Waals surface area contributed by atoms with Gasteiger partial charge in [-0.15, -0.1) is 11.3 Å². The Morgan fingerprint density at radius 1 is 1.40 bits per heavy atom. The van der Waals surface area contributed by atoms with Gasteiger partial charge in [-0.25, -0.2) is 15.0 Å². The van der Waals surface area contributed by atoms with Gasteiger partial charge in [-0.2, -0.15) is 0 Å². The van der Waals surface area contributed by atoms with Gasteiger partial charge in [0.2, 0.25) is 0 Å². The first-order valence-corrected chi connectivity index (χ1v) is 6.00. The van der Waals surface area contributed by atoms with Crippen LogP contribution in [0.25, 0.3) is 0 Å². The maximum atomic E-state index is 5.86. The van der Waals surface area contributed by atoms with Gasteiger partial charge in [-0.3, -0.25) is 0 Å². The summed E-state index contributed by atoms with van der Waals surface area (Å²) in [6, 6.07) is 0. The third-order valence-corrected chi connectivity index (χ3v) is 3.66. The Hall–Kier alpha value is -0.850. The van der Waals surface area contributed by atoms with Crippen molar-refractivity contribution in [2.45, 2.75) is 9.37 Å². The monoisotopic (exact) mass is 259 g/mol. The lowest BCUT2D eigenvalue weighted by Crippen LogP contribution is -1.92. The summed E-state index contributed by atoms with van der Waals surface area (Å²) in [5.41, 5.74) is 0.